The molecule has 2 amide bonds. The molecule has 3 heterocycles. The zero-order valence-electron chi connectivity index (χ0n) is 20.0. The number of piperazine rings is 1. The number of ether oxygens (including phenoxy) is 2. The molecule has 1 fully saturated rings. The minimum atomic E-state index is -0.463. The number of hydrogen-bond donors (Lipinski definition) is 2. The van der Waals surface area contributed by atoms with Crippen molar-refractivity contribution < 1.29 is 28.4 Å². The fourth-order valence-corrected chi connectivity index (χ4v) is 4.67. The van der Waals surface area contributed by atoms with E-state index in [4.69, 9.17) is 13.9 Å². The number of rotatable bonds is 6. The highest BCUT2D eigenvalue weighted by molar-refractivity contribution is 5.95. The second-order valence-electron chi connectivity index (χ2n) is 9.24. The molecule has 3 aromatic rings. The molecule has 0 radical (unpaired) electrons. The van der Waals surface area contributed by atoms with Crippen LogP contribution < -0.4 is 19.7 Å². The summed E-state index contributed by atoms with van der Waals surface area (Å²) in [4.78, 5) is 29.2. The molecule has 8 heteroatoms. The van der Waals surface area contributed by atoms with Crippen molar-refractivity contribution in [1.82, 2.24) is 4.90 Å². The standard InChI is InChI=1S/C27H29N3O5/c1-18(2)19-5-8-21(9-6-19)28-26(31)25(20-7-10-22-24(16-20)35-17-34-22)29-11-13-30(14-12-29)27(32)23-4-3-15-33-23/h3-10,15-16,18,25H,11-14,17H2,1-2H3,(H,28,31)/p+1. The molecule has 0 aliphatic carbocycles. The highest BCUT2D eigenvalue weighted by Gasteiger charge is 2.36. The first kappa shape index (κ1) is 23.0. The van der Waals surface area contributed by atoms with Crippen molar-refractivity contribution >= 4 is 17.5 Å². The minimum Gasteiger partial charge on any atom is -0.459 e. The van der Waals surface area contributed by atoms with Crippen molar-refractivity contribution in [3.05, 3.63) is 77.7 Å². The monoisotopic (exact) mass is 476 g/mol. The molecule has 0 bridgehead atoms. The van der Waals surface area contributed by atoms with E-state index in [0.717, 1.165) is 16.2 Å². The Bertz CT molecular complexity index is 1180. The Morgan fingerprint density at radius 2 is 1.66 bits per heavy atom. The zero-order valence-corrected chi connectivity index (χ0v) is 20.0. The number of anilines is 1. The maximum Gasteiger partial charge on any atom is 0.289 e. The summed E-state index contributed by atoms with van der Waals surface area (Å²) < 4.78 is 16.3. The normalized spacial score (nSPS) is 16.4. The van der Waals surface area contributed by atoms with E-state index in [0.29, 0.717) is 49.4 Å². The average molecular weight is 477 g/mol. The van der Waals surface area contributed by atoms with Gasteiger partial charge in [-0.2, -0.15) is 0 Å². The van der Waals surface area contributed by atoms with Crippen LogP contribution in [0.25, 0.3) is 0 Å². The number of hydrogen-bond acceptors (Lipinski definition) is 5. The Morgan fingerprint density at radius 3 is 2.34 bits per heavy atom. The summed E-state index contributed by atoms with van der Waals surface area (Å²) in [5.41, 5.74) is 2.83. The van der Waals surface area contributed by atoms with Crippen molar-refractivity contribution in [3.8, 4) is 11.5 Å². The van der Waals surface area contributed by atoms with Gasteiger partial charge in [0.05, 0.1) is 32.4 Å². The van der Waals surface area contributed by atoms with Crippen LogP contribution in [0.2, 0.25) is 0 Å². The molecule has 0 spiro atoms. The van der Waals surface area contributed by atoms with Gasteiger partial charge in [-0.3, -0.25) is 9.59 Å². The minimum absolute atomic E-state index is 0.0954. The second-order valence-corrected chi connectivity index (χ2v) is 9.24. The zero-order chi connectivity index (χ0) is 24.4. The fourth-order valence-electron chi connectivity index (χ4n) is 4.67. The van der Waals surface area contributed by atoms with Gasteiger partial charge in [-0.15, -0.1) is 0 Å². The highest BCUT2D eigenvalue weighted by atomic mass is 16.7. The van der Waals surface area contributed by atoms with Crippen LogP contribution in [0.4, 0.5) is 5.69 Å². The molecule has 2 N–H and O–H groups in total. The van der Waals surface area contributed by atoms with Crippen LogP contribution in [-0.2, 0) is 4.79 Å². The number of nitrogens with zero attached hydrogens (tertiary/aromatic N) is 1. The molecule has 1 saturated heterocycles. The van der Waals surface area contributed by atoms with Crippen LogP contribution in [-0.4, -0.2) is 49.7 Å². The first-order valence-corrected chi connectivity index (χ1v) is 12.0. The third-order valence-corrected chi connectivity index (χ3v) is 6.67. The van der Waals surface area contributed by atoms with Crippen LogP contribution in [0.3, 0.4) is 0 Å². The van der Waals surface area contributed by atoms with Crippen molar-refractivity contribution in [2.24, 2.45) is 0 Å². The van der Waals surface area contributed by atoms with E-state index in [1.54, 1.807) is 17.0 Å². The van der Waals surface area contributed by atoms with Gasteiger partial charge in [0.15, 0.2) is 23.3 Å². The molecule has 35 heavy (non-hydrogen) atoms. The molecule has 2 aliphatic heterocycles. The van der Waals surface area contributed by atoms with Crippen LogP contribution in [0, 0.1) is 0 Å². The van der Waals surface area contributed by atoms with Crippen LogP contribution in [0.1, 0.15) is 47.5 Å². The van der Waals surface area contributed by atoms with Gasteiger partial charge in [-0.1, -0.05) is 26.0 Å². The van der Waals surface area contributed by atoms with Gasteiger partial charge in [-0.05, 0) is 53.9 Å². The van der Waals surface area contributed by atoms with Gasteiger partial charge in [0.2, 0.25) is 6.79 Å². The van der Waals surface area contributed by atoms with E-state index in [9.17, 15) is 9.59 Å². The number of furan rings is 1. The van der Waals surface area contributed by atoms with Gasteiger partial charge >= 0.3 is 0 Å². The quantitative estimate of drug-likeness (QED) is 0.572. The van der Waals surface area contributed by atoms with Crippen LogP contribution in [0.15, 0.2) is 65.3 Å². The Kier molecular flexibility index (Phi) is 6.46. The number of quaternary nitrogens is 1. The predicted molar refractivity (Wildman–Crippen MR) is 130 cm³/mol. The van der Waals surface area contributed by atoms with E-state index in [-0.39, 0.29) is 18.6 Å². The van der Waals surface area contributed by atoms with E-state index in [2.05, 4.69) is 19.2 Å². The van der Waals surface area contributed by atoms with Gasteiger partial charge in [0, 0.05) is 11.3 Å². The SMILES string of the molecule is CC(C)c1ccc(NC(=O)C(c2ccc3c(c2)OCO3)[NH+]2CCN(C(=O)c3ccco3)CC2)cc1. The molecule has 182 valence electrons. The first-order chi connectivity index (χ1) is 17.0. The molecule has 2 aromatic carbocycles. The number of benzene rings is 2. The van der Waals surface area contributed by atoms with E-state index >= 15 is 0 Å². The Morgan fingerprint density at radius 1 is 0.943 bits per heavy atom. The second kappa shape index (κ2) is 9.84. The molecule has 5 rings (SSSR count). The number of fused-ring (bicyclic) bond motifs is 1. The Balaban J connectivity index is 1.35. The molecular formula is C27H30N3O5+. The lowest BCUT2D eigenvalue weighted by Crippen LogP contribution is -3.16. The summed E-state index contributed by atoms with van der Waals surface area (Å²) in [6, 6.07) is 16.6. The Labute approximate surface area is 204 Å². The van der Waals surface area contributed by atoms with Crippen LogP contribution in [0.5, 0.6) is 11.5 Å². The van der Waals surface area contributed by atoms with Gasteiger partial charge in [0.25, 0.3) is 11.8 Å². The Hall–Kier alpha value is -3.78. The number of carbonyl (C=O) groups excluding carboxylic acids is 2. The van der Waals surface area contributed by atoms with E-state index < -0.39 is 6.04 Å². The fraction of sp³-hybridized carbons (Fsp3) is 0.333. The maximum absolute atomic E-state index is 13.6. The van der Waals surface area contributed by atoms with E-state index in [1.165, 1.54) is 11.8 Å². The first-order valence-electron chi connectivity index (χ1n) is 12.0. The summed E-state index contributed by atoms with van der Waals surface area (Å²) in [5, 5.41) is 3.10. The lowest BCUT2D eigenvalue weighted by molar-refractivity contribution is -0.925. The van der Waals surface area contributed by atoms with E-state index in [1.807, 2.05) is 42.5 Å². The average Bonchev–Trinajstić information content (AvgIpc) is 3.57. The number of nitrogens with one attached hydrogen (secondary N) is 2. The molecule has 1 aromatic heterocycles. The van der Waals surface area contributed by atoms with Gasteiger partial charge < -0.3 is 29.0 Å². The summed E-state index contributed by atoms with van der Waals surface area (Å²) in [6.07, 6.45) is 1.50. The predicted octanol–water partition coefficient (Wildman–Crippen LogP) is 2.85. The van der Waals surface area contributed by atoms with Gasteiger partial charge in [0.1, 0.15) is 0 Å². The lowest BCUT2D eigenvalue weighted by atomic mass is 10.0. The molecule has 8 nitrogen and oxygen atoms in total. The molecule has 1 unspecified atom stereocenters. The third kappa shape index (κ3) is 4.88. The number of amides is 2. The van der Waals surface area contributed by atoms with Crippen molar-refractivity contribution in [2.75, 3.05) is 38.3 Å². The molecule has 1 atom stereocenters. The summed E-state index contributed by atoms with van der Waals surface area (Å²) in [5.74, 6) is 1.87. The largest absolute Gasteiger partial charge is 0.459 e. The summed E-state index contributed by atoms with van der Waals surface area (Å²) >= 11 is 0. The molecular weight excluding hydrogens is 446 g/mol. The maximum atomic E-state index is 13.6. The van der Waals surface area contributed by atoms with Crippen molar-refractivity contribution in [2.45, 2.75) is 25.8 Å². The molecule has 2 aliphatic rings. The molecule has 0 saturated carbocycles. The van der Waals surface area contributed by atoms with Crippen molar-refractivity contribution in [3.63, 3.8) is 0 Å². The summed E-state index contributed by atoms with van der Waals surface area (Å²) in [6.45, 7) is 6.79. The number of carbonyl (C=O) groups is 2. The van der Waals surface area contributed by atoms with Gasteiger partial charge in [-0.25, -0.2) is 0 Å². The summed E-state index contributed by atoms with van der Waals surface area (Å²) in [7, 11) is 0. The highest BCUT2D eigenvalue weighted by Crippen LogP contribution is 2.34. The lowest BCUT2D eigenvalue weighted by Gasteiger charge is -2.35. The smallest absolute Gasteiger partial charge is 0.289 e. The van der Waals surface area contributed by atoms with Crippen LogP contribution >= 0.6 is 0 Å². The van der Waals surface area contributed by atoms with Crippen molar-refractivity contribution in [1.29, 1.82) is 0 Å². The third-order valence-electron chi connectivity index (χ3n) is 6.67. The topological polar surface area (TPSA) is 85.5 Å².